The fourth-order valence-corrected chi connectivity index (χ4v) is 2.98. The summed E-state index contributed by atoms with van der Waals surface area (Å²) in [5.74, 6) is 0.878. The van der Waals surface area contributed by atoms with Gasteiger partial charge in [0, 0.05) is 13.2 Å². The predicted molar refractivity (Wildman–Crippen MR) is 96.3 cm³/mol. The number of nitrogens with one attached hydrogen (secondary N) is 2. The topological polar surface area (TPSA) is 63.5 Å². The van der Waals surface area contributed by atoms with Gasteiger partial charge in [-0.3, -0.25) is 0 Å². The summed E-state index contributed by atoms with van der Waals surface area (Å²) in [7, 11) is 0. The van der Waals surface area contributed by atoms with Gasteiger partial charge >= 0.3 is 6.18 Å². The second-order valence-electron chi connectivity index (χ2n) is 6.34. The van der Waals surface area contributed by atoms with Gasteiger partial charge in [0.15, 0.2) is 5.65 Å². The summed E-state index contributed by atoms with van der Waals surface area (Å²) in [5, 5.41) is 10.6. The Hall–Kier alpha value is -2.81. The number of nitrogens with zero attached hydrogens (tertiary/aromatic N) is 3. The maximum atomic E-state index is 12.7. The number of hydrogen-bond acceptors (Lipinski definition) is 5. The number of hydrogen-bond donors (Lipinski definition) is 2. The van der Waals surface area contributed by atoms with Crippen molar-refractivity contribution in [2.45, 2.75) is 25.1 Å². The standard InChI is InChI=1S/C18H18F3N5O.H2/c19-18(20,21)12-4-6-13(7-5-12)23-17-24-15-2-1-3-16(26(15)25-17)27-14-8-10-22-11-9-14;/h1-7,14,22H,8-11H2,(H,23,25);1H. The minimum absolute atomic E-state index is 0. The van der Waals surface area contributed by atoms with E-state index in [2.05, 4.69) is 20.7 Å². The molecular formula is C18H20F3N5O. The van der Waals surface area contributed by atoms with E-state index >= 15 is 0 Å². The van der Waals surface area contributed by atoms with Crippen LogP contribution in [0.25, 0.3) is 5.65 Å². The Morgan fingerprint density at radius 3 is 2.56 bits per heavy atom. The van der Waals surface area contributed by atoms with Crippen molar-refractivity contribution in [2.24, 2.45) is 0 Å². The van der Waals surface area contributed by atoms with Crippen LogP contribution < -0.4 is 15.4 Å². The molecule has 1 saturated heterocycles. The maximum absolute atomic E-state index is 12.7. The predicted octanol–water partition coefficient (Wildman–Crippen LogP) is 3.87. The first-order valence-corrected chi connectivity index (χ1v) is 8.66. The van der Waals surface area contributed by atoms with Crippen LogP contribution in [0.3, 0.4) is 0 Å². The van der Waals surface area contributed by atoms with Gasteiger partial charge in [-0.25, -0.2) is 0 Å². The first-order chi connectivity index (χ1) is 13.0. The van der Waals surface area contributed by atoms with Crippen molar-refractivity contribution in [3.05, 3.63) is 48.0 Å². The van der Waals surface area contributed by atoms with E-state index in [9.17, 15) is 13.2 Å². The van der Waals surface area contributed by atoms with Gasteiger partial charge in [0.25, 0.3) is 0 Å². The third kappa shape index (κ3) is 3.97. The molecule has 2 N–H and O–H groups in total. The van der Waals surface area contributed by atoms with E-state index < -0.39 is 11.7 Å². The summed E-state index contributed by atoms with van der Waals surface area (Å²) in [6.45, 7) is 1.83. The lowest BCUT2D eigenvalue weighted by Gasteiger charge is -2.23. The van der Waals surface area contributed by atoms with Crippen LogP contribution in [0.4, 0.5) is 24.8 Å². The molecule has 0 spiro atoms. The highest BCUT2D eigenvalue weighted by atomic mass is 19.4. The van der Waals surface area contributed by atoms with E-state index in [4.69, 9.17) is 4.74 Å². The van der Waals surface area contributed by atoms with E-state index in [0.29, 0.717) is 17.2 Å². The van der Waals surface area contributed by atoms with Crippen LogP contribution in [-0.2, 0) is 6.18 Å². The van der Waals surface area contributed by atoms with Gasteiger partial charge < -0.3 is 15.4 Å². The number of anilines is 2. The zero-order chi connectivity index (χ0) is 18.9. The molecule has 0 radical (unpaired) electrons. The summed E-state index contributed by atoms with van der Waals surface area (Å²) in [5.41, 5.74) is 0.365. The Bertz CT molecular complexity index is 923. The molecule has 0 amide bonds. The fourth-order valence-electron chi connectivity index (χ4n) is 2.98. The summed E-state index contributed by atoms with van der Waals surface area (Å²) in [6, 6.07) is 10.2. The molecule has 1 aliphatic heterocycles. The van der Waals surface area contributed by atoms with Gasteiger partial charge in [-0.15, -0.1) is 5.10 Å². The van der Waals surface area contributed by atoms with Crippen molar-refractivity contribution in [1.29, 1.82) is 0 Å². The quantitative estimate of drug-likeness (QED) is 0.721. The largest absolute Gasteiger partial charge is 0.474 e. The Labute approximate surface area is 154 Å². The number of alkyl halides is 3. The summed E-state index contributed by atoms with van der Waals surface area (Å²) in [6.07, 6.45) is -2.41. The molecule has 0 unspecified atom stereocenters. The van der Waals surface area contributed by atoms with E-state index in [1.807, 2.05) is 12.1 Å². The second-order valence-corrected chi connectivity index (χ2v) is 6.34. The average molecular weight is 379 g/mol. The van der Waals surface area contributed by atoms with Gasteiger partial charge in [-0.2, -0.15) is 22.7 Å². The highest BCUT2D eigenvalue weighted by Gasteiger charge is 2.30. The number of fused-ring (bicyclic) bond motifs is 1. The molecule has 27 heavy (non-hydrogen) atoms. The van der Waals surface area contributed by atoms with Gasteiger partial charge in [0.1, 0.15) is 6.10 Å². The normalized spacial score (nSPS) is 15.8. The Kier molecular flexibility index (Phi) is 4.61. The number of pyridine rings is 1. The van der Waals surface area contributed by atoms with Crippen molar-refractivity contribution >= 4 is 17.3 Å². The molecule has 4 rings (SSSR count). The minimum atomic E-state index is -4.36. The molecular weight excluding hydrogens is 359 g/mol. The minimum Gasteiger partial charge on any atom is -0.474 e. The summed E-state index contributed by atoms with van der Waals surface area (Å²) in [4.78, 5) is 4.36. The maximum Gasteiger partial charge on any atom is 0.416 e. The lowest BCUT2D eigenvalue weighted by molar-refractivity contribution is -0.137. The smallest absolute Gasteiger partial charge is 0.416 e. The molecule has 0 atom stereocenters. The van der Waals surface area contributed by atoms with Crippen LogP contribution in [0.1, 0.15) is 19.8 Å². The Morgan fingerprint density at radius 2 is 1.85 bits per heavy atom. The molecule has 0 saturated carbocycles. The van der Waals surface area contributed by atoms with Gasteiger partial charge in [0.05, 0.1) is 5.56 Å². The van der Waals surface area contributed by atoms with E-state index in [-0.39, 0.29) is 13.5 Å². The lowest BCUT2D eigenvalue weighted by atomic mass is 10.1. The second kappa shape index (κ2) is 7.07. The Balaban J connectivity index is 0.00000225. The number of ether oxygens (including phenoxy) is 1. The van der Waals surface area contributed by atoms with Crippen LogP contribution in [0.2, 0.25) is 0 Å². The molecule has 1 aliphatic rings. The zero-order valence-electron chi connectivity index (χ0n) is 14.3. The SMILES string of the molecule is FC(F)(F)c1ccc(Nc2nc3cccc(OC4CCNCC4)n3n2)cc1.[HH]. The summed E-state index contributed by atoms with van der Waals surface area (Å²) < 4.78 is 45.6. The Morgan fingerprint density at radius 1 is 1.11 bits per heavy atom. The van der Waals surface area contributed by atoms with Gasteiger partial charge in [-0.1, -0.05) is 6.07 Å². The lowest BCUT2D eigenvalue weighted by Crippen LogP contribution is -2.34. The number of aromatic nitrogens is 3. The number of rotatable bonds is 4. The van der Waals surface area contributed by atoms with Gasteiger partial charge in [0.2, 0.25) is 11.8 Å². The van der Waals surface area contributed by atoms with Crippen LogP contribution in [0.15, 0.2) is 42.5 Å². The third-order valence-corrected chi connectivity index (χ3v) is 4.37. The number of halogens is 3. The molecule has 1 aromatic carbocycles. The van der Waals surface area contributed by atoms with E-state index in [0.717, 1.165) is 38.1 Å². The van der Waals surface area contributed by atoms with Crippen molar-refractivity contribution in [1.82, 2.24) is 19.9 Å². The van der Waals surface area contributed by atoms with Crippen LogP contribution in [0, 0.1) is 0 Å². The van der Waals surface area contributed by atoms with Crippen molar-refractivity contribution < 1.29 is 19.3 Å². The monoisotopic (exact) mass is 379 g/mol. The highest BCUT2D eigenvalue weighted by molar-refractivity contribution is 5.56. The van der Waals surface area contributed by atoms with E-state index in [1.54, 1.807) is 10.6 Å². The van der Waals surface area contributed by atoms with Crippen LogP contribution >= 0.6 is 0 Å². The molecule has 3 aromatic rings. The number of piperidine rings is 1. The molecule has 0 bridgehead atoms. The molecule has 3 heterocycles. The van der Waals surface area contributed by atoms with Crippen molar-refractivity contribution in [3.63, 3.8) is 0 Å². The molecule has 6 nitrogen and oxygen atoms in total. The average Bonchev–Trinajstić information content (AvgIpc) is 3.06. The van der Waals surface area contributed by atoms with Gasteiger partial charge in [-0.05, 0) is 56.3 Å². The molecule has 2 aromatic heterocycles. The molecule has 1 fully saturated rings. The molecule has 9 heteroatoms. The van der Waals surface area contributed by atoms with Crippen LogP contribution in [0.5, 0.6) is 5.88 Å². The van der Waals surface area contributed by atoms with Crippen molar-refractivity contribution in [2.75, 3.05) is 18.4 Å². The first kappa shape index (κ1) is 17.6. The van der Waals surface area contributed by atoms with Crippen molar-refractivity contribution in [3.8, 4) is 5.88 Å². The first-order valence-electron chi connectivity index (χ1n) is 8.66. The third-order valence-electron chi connectivity index (χ3n) is 4.37. The zero-order valence-corrected chi connectivity index (χ0v) is 14.3. The number of benzene rings is 1. The molecule has 0 aliphatic carbocycles. The fraction of sp³-hybridized carbons (Fsp3) is 0.333. The molecule has 144 valence electrons. The van der Waals surface area contributed by atoms with E-state index in [1.165, 1.54) is 12.1 Å². The van der Waals surface area contributed by atoms with Crippen LogP contribution in [-0.4, -0.2) is 33.8 Å². The highest BCUT2D eigenvalue weighted by Crippen LogP contribution is 2.30. The summed E-state index contributed by atoms with van der Waals surface area (Å²) >= 11 is 0.